The average molecular weight is 458 g/mol. The molecule has 0 unspecified atom stereocenters. The van der Waals surface area contributed by atoms with Crippen LogP contribution in [0.25, 0.3) is 21.3 Å². The number of nitrogens with zero attached hydrogens (tertiary/aromatic N) is 4. The van der Waals surface area contributed by atoms with E-state index < -0.39 is 0 Å². The summed E-state index contributed by atoms with van der Waals surface area (Å²) in [5.41, 5.74) is 2.75. The molecule has 0 aliphatic carbocycles. The highest BCUT2D eigenvalue weighted by atomic mass is 32.1. The van der Waals surface area contributed by atoms with Gasteiger partial charge in [0.05, 0.1) is 6.04 Å². The first kappa shape index (κ1) is 21.7. The van der Waals surface area contributed by atoms with Crippen molar-refractivity contribution >= 4 is 33.8 Å². The Labute approximate surface area is 197 Å². The fourth-order valence-corrected chi connectivity index (χ4v) is 5.25. The minimum Gasteiger partial charge on any atom is -0.315 e. The average Bonchev–Trinajstić information content (AvgIpc) is 3.35. The van der Waals surface area contributed by atoms with E-state index in [-0.39, 0.29) is 11.9 Å². The Kier molecular flexibility index (Phi) is 6.15. The van der Waals surface area contributed by atoms with Crippen molar-refractivity contribution < 1.29 is 4.79 Å². The van der Waals surface area contributed by atoms with Crippen molar-refractivity contribution in [3.05, 3.63) is 70.9 Å². The zero-order valence-electron chi connectivity index (χ0n) is 18.9. The lowest BCUT2D eigenvalue weighted by Crippen LogP contribution is -2.49. The monoisotopic (exact) mass is 457 g/mol. The van der Waals surface area contributed by atoms with Gasteiger partial charge in [-0.2, -0.15) is 0 Å². The molecule has 0 radical (unpaired) electrons. The zero-order chi connectivity index (χ0) is 22.8. The maximum absolute atomic E-state index is 13.9. The summed E-state index contributed by atoms with van der Waals surface area (Å²) in [5, 5.41) is 16.0. The predicted octanol–water partition coefficient (Wildman–Crippen LogP) is 5.02. The van der Waals surface area contributed by atoms with E-state index in [2.05, 4.69) is 41.5 Å². The van der Waals surface area contributed by atoms with Crippen molar-refractivity contribution in [2.45, 2.75) is 39.2 Å². The van der Waals surface area contributed by atoms with Gasteiger partial charge in [-0.25, -0.2) is 4.98 Å². The van der Waals surface area contributed by atoms with Crippen molar-refractivity contribution in [2.75, 3.05) is 18.0 Å². The first-order chi connectivity index (χ1) is 16.2. The van der Waals surface area contributed by atoms with Gasteiger partial charge in [0.2, 0.25) is 0 Å². The highest BCUT2D eigenvalue weighted by Crippen LogP contribution is 2.32. The Bertz CT molecular complexity index is 1270. The molecule has 0 saturated carbocycles. The third-order valence-corrected chi connectivity index (χ3v) is 7.33. The Morgan fingerprint density at radius 3 is 2.73 bits per heavy atom. The molecule has 1 aliphatic rings. The molecule has 4 aromatic rings. The van der Waals surface area contributed by atoms with Crippen LogP contribution >= 0.6 is 11.3 Å². The van der Waals surface area contributed by atoms with Crippen LogP contribution in [0, 0.1) is 6.92 Å². The molecular formula is C26H27N5OS. The van der Waals surface area contributed by atoms with Crippen LogP contribution in [-0.2, 0) is 6.42 Å². The van der Waals surface area contributed by atoms with E-state index in [1.165, 1.54) is 0 Å². The van der Waals surface area contributed by atoms with Crippen LogP contribution < -0.4 is 10.2 Å². The summed E-state index contributed by atoms with van der Waals surface area (Å²) in [5.74, 6) is 0.718. The maximum atomic E-state index is 13.9. The molecule has 0 bridgehead atoms. The van der Waals surface area contributed by atoms with Crippen molar-refractivity contribution in [2.24, 2.45) is 0 Å². The molecule has 2 aromatic carbocycles. The van der Waals surface area contributed by atoms with E-state index in [1.54, 1.807) is 17.5 Å². The van der Waals surface area contributed by atoms with E-state index in [9.17, 15) is 4.79 Å². The summed E-state index contributed by atoms with van der Waals surface area (Å²) >= 11 is 1.59. The summed E-state index contributed by atoms with van der Waals surface area (Å²) in [6.45, 7) is 5.90. The van der Waals surface area contributed by atoms with E-state index >= 15 is 0 Å². The molecular weight excluding hydrogens is 430 g/mol. The fourth-order valence-electron chi connectivity index (χ4n) is 4.47. The predicted molar refractivity (Wildman–Crippen MR) is 134 cm³/mol. The minimum atomic E-state index is -0.0231. The van der Waals surface area contributed by atoms with Gasteiger partial charge in [0.1, 0.15) is 15.8 Å². The third kappa shape index (κ3) is 4.26. The van der Waals surface area contributed by atoms with Crippen molar-refractivity contribution in [3.8, 4) is 10.6 Å². The van der Waals surface area contributed by atoms with Gasteiger partial charge in [-0.3, -0.25) is 9.69 Å². The van der Waals surface area contributed by atoms with Gasteiger partial charge < -0.3 is 5.32 Å². The molecule has 1 saturated heterocycles. The normalized spacial score (nSPS) is 16.1. The van der Waals surface area contributed by atoms with Gasteiger partial charge in [-0.05, 0) is 61.9 Å². The van der Waals surface area contributed by atoms with Crippen molar-refractivity contribution in [3.63, 3.8) is 0 Å². The summed E-state index contributed by atoms with van der Waals surface area (Å²) in [7, 11) is 0. The summed E-state index contributed by atoms with van der Waals surface area (Å²) < 4.78 is 0. The molecule has 7 heteroatoms. The largest absolute Gasteiger partial charge is 0.315 e. The molecule has 0 spiro atoms. The molecule has 1 aliphatic heterocycles. The Morgan fingerprint density at radius 1 is 1.15 bits per heavy atom. The number of fused-ring (bicyclic) bond motifs is 1. The number of piperidine rings is 1. The van der Waals surface area contributed by atoms with Crippen LogP contribution in [0.3, 0.4) is 0 Å². The third-order valence-electron chi connectivity index (χ3n) is 6.21. The Balaban J connectivity index is 1.54. The molecule has 5 rings (SSSR count). The first-order valence-electron chi connectivity index (χ1n) is 11.5. The van der Waals surface area contributed by atoms with Crippen LogP contribution in [0.4, 0.5) is 5.82 Å². The number of aromatic nitrogens is 3. The number of hydrogen-bond acceptors (Lipinski definition) is 6. The molecule has 1 atom stereocenters. The molecule has 168 valence electrons. The molecule has 6 nitrogen and oxygen atoms in total. The van der Waals surface area contributed by atoms with Gasteiger partial charge in [0.25, 0.3) is 5.91 Å². The van der Waals surface area contributed by atoms with Gasteiger partial charge in [-0.1, -0.05) is 48.6 Å². The van der Waals surface area contributed by atoms with Gasteiger partial charge in [-0.15, -0.1) is 10.2 Å². The number of amides is 1. The van der Waals surface area contributed by atoms with Gasteiger partial charge >= 0.3 is 0 Å². The fraction of sp³-hybridized carbons (Fsp3) is 0.308. The molecule has 1 amide bonds. The zero-order valence-corrected chi connectivity index (χ0v) is 19.7. The lowest BCUT2D eigenvalue weighted by atomic mass is 10.0. The molecule has 1 N–H and O–H groups in total. The van der Waals surface area contributed by atoms with Crippen LogP contribution in [0.15, 0.2) is 54.7 Å². The van der Waals surface area contributed by atoms with Crippen LogP contribution in [-0.4, -0.2) is 40.2 Å². The Morgan fingerprint density at radius 2 is 2.00 bits per heavy atom. The topological polar surface area (TPSA) is 71.0 Å². The number of benzene rings is 2. The number of anilines is 1. The van der Waals surface area contributed by atoms with E-state index in [1.807, 2.05) is 41.3 Å². The number of nitrogens with one attached hydrogen (secondary N) is 1. The number of hydrogen-bond donors (Lipinski definition) is 1. The standard InChI is InChI=1S/C26H27N5OS/c1-3-22-29-30-25(33-22)19-9-11-20(12-10-19)26(32)31(21-8-5-14-27-16-21)24-23-17(2)6-4-7-18(23)13-15-28-24/h4,6-7,9-13,15,21,27H,3,5,8,14,16H2,1-2H3/t21-/m1/s1. The van der Waals surface area contributed by atoms with E-state index in [4.69, 9.17) is 4.98 Å². The SMILES string of the molecule is CCc1nnc(-c2ccc(C(=O)N(c3nccc4cccc(C)c34)[C@@H]3CCCNC3)cc2)s1. The Hall–Kier alpha value is -3.16. The van der Waals surface area contributed by atoms with Crippen molar-refractivity contribution in [1.82, 2.24) is 20.5 Å². The molecule has 1 fully saturated rings. The second-order valence-corrected chi connectivity index (χ2v) is 9.48. The van der Waals surface area contributed by atoms with Gasteiger partial charge in [0, 0.05) is 29.3 Å². The van der Waals surface area contributed by atoms with E-state index in [0.717, 1.165) is 70.1 Å². The first-order valence-corrected chi connectivity index (χ1v) is 12.3. The second-order valence-electron chi connectivity index (χ2n) is 8.41. The maximum Gasteiger partial charge on any atom is 0.259 e. The summed E-state index contributed by atoms with van der Waals surface area (Å²) in [6.07, 6.45) is 4.66. The quantitative estimate of drug-likeness (QED) is 0.455. The summed E-state index contributed by atoms with van der Waals surface area (Å²) in [4.78, 5) is 20.6. The van der Waals surface area contributed by atoms with Crippen LogP contribution in [0.2, 0.25) is 0 Å². The number of carbonyl (C=O) groups is 1. The number of carbonyl (C=O) groups excluding carboxylic acids is 1. The van der Waals surface area contributed by atoms with Crippen LogP contribution in [0.1, 0.15) is 40.7 Å². The molecule has 3 heterocycles. The molecule has 33 heavy (non-hydrogen) atoms. The smallest absolute Gasteiger partial charge is 0.259 e. The highest BCUT2D eigenvalue weighted by molar-refractivity contribution is 7.14. The number of aryl methyl sites for hydroxylation is 2. The summed E-state index contributed by atoms with van der Waals surface area (Å²) in [6, 6.07) is 16.0. The lowest BCUT2D eigenvalue weighted by molar-refractivity contribution is 0.0972. The molecule has 2 aromatic heterocycles. The number of rotatable bonds is 5. The van der Waals surface area contributed by atoms with Crippen molar-refractivity contribution in [1.29, 1.82) is 0 Å². The van der Waals surface area contributed by atoms with Gasteiger partial charge in [0.15, 0.2) is 0 Å². The minimum absolute atomic E-state index is 0.0231. The number of pyridine rings is 1. The van der Waals surface area contributed by atoms with E-state index in [0.29, 0.717) is 5.56 Å². The highest BCUT2D eigenvalue weighted by Gasteiger charge is 2.30. The second kappa shape index (κ2) is 9.37. The van der Waals surface area contributed by atoms with Crippen LogP contribution in [0.5, 0.6) is 0 Å². The lowest BCUT2D eigenvalue weighted by Gasteiger charge is -2.35.